The first-order valence-corrected chi connectivity index (χ1v) is 8.79. The number of nitrogens with zero attached hydrogens (tertiary/aromatic N) is 3. The maximum Gasteiger partial charge on any atom is 0.302 e. The lowest BCUT2D eigenvalue weighted by Crippen LogP contribution is -2.53. The maximum absolute atomic E-state index is 11.2. The average Bonchev–Trinajstić information content (AvgIpc) is 3.27. The SMILES string of the molecule is CC(=O)OCC1CC(N2CN(C)C(N)N(C)C3OC32)OC1COC(C)=O. The van der Waals surface area contributed by atoms with Crippen LogP contribution in [0.25, 0.3) is 0 Å². The van der Waals surface area contributed by atoms with Gasteiger partial charge >= 0.3 is 11.9 Å². The van der Waals surface area contributed by atoms with Gasteiger partial charge in [-0.1, -0.05) is 0 Å². The number of carbonyl (C=O) groups excluding carboxylic acids is 2. The predicted molar refractivity (Wildman–Crippen MR) is 88.9 cm³/mol. The summed E-state index contributed by atoms with van der Waals surface area (Å²) in [6.45, 7) is 3.68. The van der Waals surface area contributed by atoms with Crippen LogP contribution in [0.3, 0.4) is 0 Å². The molecule has 3 aliphatic rings. The third-order valence-corrected chi connectivity index (χ3v) is 5.11. The van der Waals surface area contributed by atoms with E-state index >= 15 is 0 Å². The van der Waals surface area contributed by atoms with Crippen molar-refractivity contribution < 1.29 is 28.5 Å². The normalized spacial score (nSPS) is 38.5. The molecule has 3 heterocycles. The van der Waals surface area contributed by atoms with Crippen LogP contribution in [0.2, 0.25) is 0 Å². The Labute approximate surface area is 153 Å². The van der Waals surface area contributed by atoms with E-state index in [1.165, 1.54) is 13.8 Å². The predicted octanol–water partition coefficient (Wildman–Crippen LogP) is -1.09. The van der Waals surface area contributed by atoms with Gasteiger partial charge in [-0.3, -0.25) is 14.5 Å². The molecule has 10 nitrogen and oxygen atoms in total. The van der Waals surface area contributed by atoms with Gasteiger partial charge in [0.25, 0.3) is 0 Å². The van der Waals surface area contributed by atoms with Crippen molar-refractivity contribution >= 4 is 11.9 Å². The van der Waals surface area contributed by atoms with Crippen LogP contribution in [-0.2, 0) is 28.5 Å². The second-order valence-corrected chi connectivity index (χ2v) is 7.14. The number of rotatable bonds is 5. The number of carbonyl (C=O) groups is 2. The smallest absolute Gasteiger partial charge is 0.302 e. The lowest BCUT2D eigenvalue weighted by atomic mass is 10.0. The quantitative estimate of drug-likeness (QED) is 0.472. The Morgan fingerprint density at radius 3 is 2.38 bits per heavy atom. The van der Waals surface area contributed by atoms with Crippen LogP contribution in [0, 0.1) is 5.92 Å². The molecule has 2 N–H and O–H groups in total. The maximum atomic E-state index is 11.2. The van der Waals surface area contributed by atoms with Crippen LogP contribution in [-0.4, -0.2) is 91.7 Å². The fraction of sp³-hybridized carbons (Fsp3) is 0.875. The largest absolute Gasteiger partial charge is 0.465 e. The molecule has 0 amide bonds. The summed E-state index contributed by atoms with van der Waals surface area (Å²) in [5.41, 5.74) is 6.21. The molecule has 148 valence electrons. The highest BCUT2D eigenvalue weighted by atomic mass is 16.6. The highest BCUT2D eigenvalue weighted by Crippen LogP contribution is 2.38. The van der Waals surface area contributed by atoms with E-state index in [0.717, 1.165) is 0 Å². The van der Waals surface area contributed by atoms with E-state index in [9.17, 15) is 9.59 Å². The number of hydrogen-bond acceptors (Lipinski definition) is 10. The minimum atomic E-state index is -0.365. The molecule has 0 aromatic rings. The number of fused-ring (bicyclic) bond motifs is 1. The molecule has 0 aliphatic carbocycles. The molecule has 3 fully saturated rings. The molecule has 0 spiro atoms. The zero-order chi connectivity index (χ0) is 19.0. The third-order valence-electron chi connectivity index (χ3n) is 5.11. The Morgan fingerprint density at radius 1 is 1.08 bits per heavy atom. The molecule has 6 atom stereocenters. The van der Waals surface area contributed by atoms with E-state index in [0.29, 0.717) is 13.1 Å². The van der Waals surface area contributed by atoms with Crippen molar-refractivity contribution in [3.05, 3.63) is 0 Å². The van der Waals surface area contributed by atoms with Crippen molar-refractivity contribution in [2.24, 2.45) is 11.7 Å². The van der Waals surface area contributed by atoms with Crippen molar-refractivity contribution in [2.75, 3.05) is 34.0 Å². The van der Waals surface area contributed by atoms with Crippen molar-refractivity contribution in [2.45, 2.75) is 51.3 Å². The molecule has 0 radical (unpaired) electrons. The second-order valence-electron chi connectivity index (χ2n) is 7.14. The van der Waals surface area contributed by atoms with Gasteiger partial charge in [0.15, 0.2) is 12.5 Å². The molecule has 3 aliphatic heterocycles. The summed E-state index contributed by atoms with van der Waals surface area (Å²) in [5, 5.41) is 0. The van der Waals surface area contributed by atoms with Gasteiger partial charge in [0, 0.05) is 19.8 Å². The molecule has 3 rings (SSSR count). The van der Waals surface area contributed by atoms with Crippen molar-refractivity contribution in [1.29, 1.82) is 0 Å². The summed E-state index contributed by atoms with van der Waals surface area (Å²) in [6.07, 6.45) is -0.322. The molecule has 0 aromatic carbocycles. The van der Waals surface area contributed by atoms with Crippen LogP contribution < -0.4 is 5.73 Å². The molecule has 3 saturated heterocycles. The summed E-state index contributed by atoms with van der Waals surface area (Å²) in [4.78, 5) is 28.4. The van der Waals surface area contributed by atoms with Crippen molar-refractivity contribution in [3.63, 3.8) is 0 Å². The molecular formula is C16H28N4O6. The Balaban J connectivity index is 1.67. The number of nitrogens with two attached hydrogens (primary N) is 1. The van der Waals surface area contributed by atoms with E-state index in [4.69, 9.17) is 24.7 Å². The number of ether oxygens (including phenoxy) is 4. The number of hydrogen-bond donors (Lipinski definition) is 1. The summed E-state index contributed by atoms with van der Waals surface area (Å²) >= 11 is 0. The van der Waals surface area contributed by atoms with E-state index in [-0.39, 0.29) is 62.1 Å². The number of likely N-dealkylation sites (N-methyl/N-ethyl adjacent to an activating group) is 1. The molecule has 6 unspecified atom stereocenters. The fourth-order valence-electron chi connectivity index (χ4n) is 3.54. The molecule has 10 heteroatoms. The Bertz CT molecular complexity index is 517. The minimum Gasteiger partial charge on any atom is -0.465 e. The van der Waals surface area contributed by atoms with E-state index in [1.807, 2.05) is 23.9 Å². The van der Waals surface area contributed by atoms with E-state index in [2.05, 4.69) is 4.90 Å². The zero-order valence-corrected chi connectivity index (χ0v) is 15.7. The van der Waals surface area contributed by atoms with Gasteiger partial charge in [-0.15, -0.1) is 0 Å². The zero-order valence-electron chi connectivity index (χ0n) is 15.7. The molecule has 0 aromatic heterocycles. The molecule has 26 heavy (non-hydrogen) atoms. The van der Waals surface area contributed by atoms with Gasteiger partial charge in [-0.25, -0.2) is 9.80 Å². The second kappa shape index (κ2) is 7.75. The topological polar surface area (TPSA) is 110 Å². The van der Waals surface area contributed by atoms with Gasteiger partial charge in [-0.2, -0.15) is 0 Å². The van der Waals surface area contributed by atoms with Gasteiger partial charge in [0.1, 0.15) is 19.1 Å². The first-order chi connectivity index (χ1) is 12.3. The highest BCUT2D eigenvalue weighted by molar-refractivity contribution is 5.66. The first kappa shape index (κ1) is 19.5. The molecule has 0 bridgehead atoms. The van der Waals surface area contributed by atoms with E-state index in [1.54, 1.807) is 0 Å². The van der Waals surface area contributed by atoms with Gasteiger partial charge in [-0.05, 0) is 20.5 Å². The number of esters is 2. The van der Waals surface area contributed by atoms with Crippen LogP contribution in [0.5, 0.6) is 0 Å². The van der Waals surface area contributed by atoms with Crippen LogP contribution >= 0.6 is 0 Å². The lowest BCUT2D eigenvalue weighted by Gasteiger charge is -2.33. The average molecular weight is 372 g/mol. The fourth-order valence-corrected chi connectivity index (χ4v) is 3.54. The number of epoxide rings is 1. The van der Waals surface area contributed by atoms with E-state index < -0.39 is 0 Å². The van der Waals surface area contributed by atoms with Gasteiger partial charge < -0.3 is 24.7 Å². The first-order valence-electron chi connectivity index (χ1n) is 8.79. The lowest BCUT2D eigenvalue weighted by molar-refractivity contribution is -0.152. The monoisotopic (exact) mass is 372 g/mol. The Hall–Kier alpha value is -1.30. The summed E-state index contributed by atoms with van der Waals surface area (Å²) in [6, 6.07) is 0. The summed E-state index contributed by atoms with van der Waals surface area (Å²) < 4.78 is 22.2. The standard InChI is InChI=1S/C16H28N4O6/c1-9(21)23-6-11-5-13(25-12(11)7-24-10(2)22)20-8-18(3)16(17)19(4)14-15(20)26-14/h11-16H,5-8,17H2,1-4H3. The van der Waals surface area contributed by atoms with Crippen molar-refractivity contribution in [3.8, 4) is 0 Å². The van der Waals surface area contributed by atoms with Crippen LogP contribution in [0.4, 0.5) is 0 Å². The summed E-state index contributed by atoms with van der Waals surface area (Å²) in [5.74, 6) is -0.760. The van der Waals surface area contributed by atoms with Gasteiger partial charge in [0.05, 0.1) is 19.4 Å². The summed E-state index contributed by atoms with van der Waals surface area (Å²) in [7, 11) is 3.87. The van der Waals surface area contributed by atoms with Crippen molar-refractivity contribution in [1.82, 2.24) is 14.7 Å². The Morgan fingerprint density at radius 2 is 1.73 bits per heavy atom. The third kappa shape index (κ3) is 4.16. The highest BCUT2D eigenvalue weighted by Gasteiger charge is 2.55. The molecule has 0 saturated carbocycles. The van der Waals surface area contributed by atoms with Crippen LogP contribution in [0.1, 0.15) is 20.3 Å². The molecular weight excluding hydrogens is 344 g/mol. The minimum absolute atomic E-state index is 0.0552. The Kier molecular flexibility index (Phi) is 5.80. The van der Waals surface area contributed by atoms with Crippen LogP contribution in [0.15, 0.2) is 0 Å². The van der Waals surface area contributed by atoms with Gasteiger partial charge in [0.2, 0.25) is 0 Å².